The Morgan fingerprint density at radius 1 is 1.20 bits per heavy atom. The van der Waals surface area contributed by atoms with Crippen molar-refractivity contribution in [2.24, 2.45) is 11.6 Å². The normalized spacial score (nSPS) is 12.7. The number of hydrazine groups is 1. The van der Waals surface area contributed by atoms with Crippen LogP contribution in [0.4, 0.5) is 5.82 Å². The van der Waals surface area contributed by atoms with E-state index >= 15 is 0 Å². The molecule has 0 saturated heterocycles. The molecule has 0 radical (unpaired) electrons. The fourth-order valence-electron chi connectivity index (χ4n) is 1.57. The van der Waals surface area contributed by atoms with E-state index in [1.807, 2.05) is 31.2 Å². The first-order chi connectivity index (χ1) is 7.24. The van der Waals surface area contributed by atoms with Crippen LogP contribution in [0.25, 0.3) is 10.8 Å². The van der Waals surface area contributed by atoms with Gasteiger partial charge in [0.05, 0.1) is 5.69 Å². The number of nitrogens with one attached hydrogen (secondary N) is 1. The quantitative estimate of drug-likeness (QED) is 0.499. The van der Waals surface area contributed by atoms with Gasteiger partial charge in [0.2, 0.25) is 0 Å². The van der Waals surface area contributed by atoms with Gasteiger partial charge in [-0.05, 0) is 6.92 Å². The lowest BCUT2D eigenvalue weighted by Crippen LogP contribution is -2.14. The fraction of sp³-hybridized carbons (Fsp3) is 0.200. The molecule has 5 nitrogen and oxygen atoms in total. The molecule has 0 amide bonds. The van der Waals surface area contributed by atoms with Gasteiger partial charge < -0.3 is 11.2 Å². The number of benzene rings is 1. The molecule has 2 aromatic rings. The molecule has 0 fully saturated rings. The van der Waals surface area contributed by atoms with E-state index in [4.69, 9.17) is 11.6 Å². The number of hydrogen-bond acceptors (Lipinski definition) is 5. The summed E-state index contributed by atoms with van der Waals surface area (Å²) in [6.07, 6.45) is 0. The van der Waals surface area contributed by atoms with Crippen molar-refractivity contribution in [3.05, 3.63) is 30.0 Å². The van der Waals surface area contributed by atoms with Gasteiger partial charge in [0.1, 0.15) is 0 Å². The van der Waals surface area contributed by atoms with Crippen LogP contribution in [0, 0.1) is 0 Å². The van der Waals surface area contributed by atoms with Crippen molar-refractivity contribution in [2.45, 2.75) is 13.0 Å². The van der Waals surface area contributed by atoms with Crippen molar-refractivity contribution in [1.29, 1.82) is 0 Å². The van der Waals surface area contributed by atoms with Gasteiger partial charge in [-0.1, -0.05) is 24.3 Å². The minimum atomic E-state index is -0.144. The highest BCUT2D eigenvalue weighted by Crippen LogP contribution is 2.24. The van der Waals surface area contributed by atoms with E-state index in [-0.39, 0.29) is 6.04 Å². The Kier molecular flexibility index (Phi) is 2.49. The molecule has 0 bridgehead atoms. The van der Waals surface area contributed by atoms with Gasteiger partial charge in [-0.25, -0.2) is 5.84 Å². The third-order valence-electron chi connectivity index (χ3n) is 2.28. The fourth-order valence-corrected chi connectivity index (χ4v) is 1.57. The number of nitrogen functional groups attached to an aromatic ring is 1. The third kappa shape index (κ3) is 1.62. The van der Waals surface area contributed by atoms with Crippen LogP contribution in [-0.2, 0) is 0 Å². The maximum atomic E-state index is 5.82. The molecule has 1 unspecified atom stereocenters. The summed E-state index contributed by atoms with van der Waals surface area (Å²) < 4.78 is 0. The van der Waals surface area contributed by atoms with E-state index < -0.39 is 0 Å². The first kappa shape index (κ1) is 9.82. The summed E-state index contributed by atoms with van der Waals surface area (Å²) in [7, 11) is 0. The number of nitrogens with zero attached hydrogens (tertiary/aromatic N) is 2. The monoisotopic (exact) mass is 203 g/mol. The van der Waals surface area contributed by atoms with Crippen molar-refractivity contribution < 1.29 is 0 Å². The molecule has 0 spiro atoms. The maximum absolute atomic E-state index is 5.82. The predicted octanol–water partition coefficient (Wildman–Crippen LogP) is 0.935. The van der Waals surface area contributed by atoms with Gasteiger partial charge in [0.25, 0.3) is 0 Å². The van der Waals surface area contributed by atoms with Gasteiger partial charge >= 0.3 is 0 Å². The Hall–Kier alpha value is -1.72. The van der Waals surface area contributed by atoms with Gasteiger partial charge in [-0.15, -0.1) is 5.10 Å². The highest BCUT2D eigenvalue weighted by atomic mass is 15.3. The van der Waals surface area contributed by atoms with Crippen LogP contribution < -0.4 is 17.0 Å². The SMILES string of the molecule is CC(N)c1nnc(NN)c2ccccc12. The van der Waals surface area contributed by atoms with Crippen LogP contribution in [0.1, 0.15) is 18.7 Å². The number of rotatable bonds is 2. The molecule has 0 saturated carbocycles. The number of nitrogens with two attached hydrogens (primary N) is 2. The number of fused-ring (bicyclic) bond motifs is 1. The molecule has 0 aliphatic carbocycles. The van der Waals surface area contributed by atoms with E-state index in [0.29, 0.717) is 5.82 Å². The van der Waals surface area contributed by atoms with Crippen molar-refractivity contribution in [2.75, 3.05) is 5.43 Å². The van der Waals surface area contributed by atoms with E-state index in [0.717, 1.165) is 16.5 Å². The Morgan fingerprint density at radius 3 is 2.47 bits per heavy atom. The topological polar surface area (TPSA) is 89.8 Å². The Labute approximate surface area is 87.5 Å². The van der Waals surface area contributed by atoms with Gasteiger partial charge in [0.15, 0.2) is 5.82 Å². The van der Waals surface area contributed by atoms with Crippen LogP contribution in [-0.4, -0.2) is 10.2 Å². The lowest BCUT2D eigenvalue weighted by atomic mass is 10.1. The van der Waals surface area contributed by atoms with Crippen molar-refractivity contribution >= 4 is 16.6 Å². The summed E-state index contributed by atoms with van der Waals surface area (Å²) in [5.74, 6) is 5.92. The van der Waals surface area contributed by atoms with Crippen molar-refractivity contribution in [3.8, 4) is 0 Å². The zero-order valence-electron chi connectivity index (χ0n) is 8.44. The lowest BCUT2D eigenvalue weighted by molar-refractivity contribution is 0.764. The average molecular weight is 203 g/mol. The summed E-state index contributed by atoms with van der Waals surface area (Å²) in [5.41, 5.74) is 9.12. The third-order valence-corrected chi connectivity index (χ3v) is 2.28. The van der Waals surface area contributed by atoms with Gasteiger partial charge in [-0.2, -0.15) is 5.10 Å². The van der Waals surface area contributed by atoms with Crippen molar-refractivity contribution in [1.82, 2.24) is 10.2 Å². The summed E-state index contributed by atoms with van der Waals surface area (Å²) in [6.45, 7) is 1.88. The van der Waals surface area contributed by atoms with E-state index in [1.165, 1.54) is 0 Å². The van der Waals surface area contributed by atoms with Gasteiger partial charge in [-0.3, -0.25) is 0 Å². The molecule has 15 heavy (non-hydrogen) atoms. The molecule has 78 valence electrons. The molecular formula is C10H13N5. The zero-order chi connectivity index (χ0) is 10.8. The number of anilines is 1. The molecule has 1 atom stereocenters. The molecule has 1 aromatic carbocycles. The predicted molar refractivity (Wildman–Crippen MR) is 60.0 cm³/mol. The second-order valence-electron chi connectivity index (χ2n) is 3.41. The van der Waals surface area contributed by atoms with E-state index in [1.54, 1.807) is 0 Å². The van der Waals surface area contributed by atoms with Crippen LogP contribution in [0.15, 0.2) is 24.3 Å². The van der Waals surface area contributed by atoms with Crippen LogP contribution >= 0.6 is 0 Å². The van der Waals surface area contributed by atoms with Crippen LogP contribution in [0.5, 0.6) is 0 Å². The molecule has 0 aliphatic rings. The first-order valence-corrected chi connectivity index (χ1v) is 4.71. The molecule has 5 heteroatoms. The number of hydrogen-bond donors (Lipinski definition) is 3. The largest absolute Gasteiger partial charge is 0.323 e. The minimum absolute atomic E-state index is 0.144. The Bertz CT molecular complexity index is 480. The molecule has 2 rings (SSSR count). The first-order valence-electron chi connectivity index (χ1n) is 4.71. The molecule has 0 aliphatic heterocycles. The second kappa shape index (κ2) is 3.80. The van der Waals surface area contributed by atoms with Gasteiger partial charge in [0, 0.05) is 16.8 Å². The lowest BCUT2D eigenvalue weighted by Gasteiger charge is -2.10. The molecule has 5 N–H and O–H groups in total. The average Bonchev–Trinajstić information content (AvgIpc) is 2.27. The standard InChI is InChI=1S/C10H13N5/c1-6(11)9-7-4-2-3-5-8(7)10(13-12)15-14-9/h2-6H,11-12H2,1H3,(H,13,15). The zero-order valence-corrected chi connectivity index (χ0v) is 8.44. The summed E-state index contributed by atoms with van der Waals surface area (Å²) in [5, 5.41) is 9.95. The van der Waals surface area contributed by atoms with Crippen LogP contribution in [0.3, 0.4) is 0 Å². The Balaban J connectivity index is 2.77. The highest BCUT2D eigenvalue weighted by Gasteiger charge is 2.10. The van der Waals surface area contributed by atoms with E-state index in [2.05, 4.69) is 15.6 Å². The Morgan fingerprint density at radius 2 is 1.87 bits per heavy atom. The molecule has 1 heterocycles. The van der Waals surface area contributed by atoms with Crippen LogP contribution in [0.2, 0.25) is 0 Å². The number of aromatic nitrogens is 2. The summed E-state index contributed by atoms with van der Waals surface area (Å²) in [4.78, 5) is 0. The summed E-state index contributed by atoms with van der Waals surface area (Å²) in [6, 6.07) is 7.62. The molecular weight excluding hydrogens is 190 g/mol. The second-order valence-corrected chi connectivity index (χ2v) is 3.41. The smallest absolute Gasteiger partial charge is 0.170 e. The summed E-state index contributed by atoms with van der Waals surface area (Å²) >= 11 is 0. The minimum Gasteiger partial charge on any atom is -0.323 e. The molecule has 1 aromatic heterocycles. The maximum Gasteiger partial charge on any atom is 0.170 e. The van der Waals surface area contributed by atoms with Crippen molar-refractivity contribution in [3.63, 3.8) is 0 Å². The van der Waals surface area contributed by atoms with E-state index in [9.17, 15) is 0 Å². The highest BCUT2D eigenvalue weighted by molar-refractivity contribution is 5.93.